The Bertz CT molecular complexity index is 600. The van der Waals surface area contributed by atoms with Gasteiger partial charge in [0.25, 0.3) is 0 Å². The van der Waals surface area contributed by atoms with E-state index in [1.807, 2.05) is 40.0 Å². The molecule has 116 valence electrons. The number of piperidine rings is 1. The minimum absolute atomic E-state index is 0.301. The van der Waals surface area contributed by atoms with E-state index in [2.05, 4.69) is 17.2 Å². The Morgan fingerprint density at radius 1 is 1.05 bits per heavy atom. The molecule has 0 spiro atoms. The first-order valence-corrected chi connectivity index (χ1v) is 8.19. The van der Waals surface area contributed by atoms with Crippen molar-refractivity contribution in [1.82, 2.24) is 14.7 Å². The topological polar surface area (TPSA) is 38.1 Å². The van der Waals surface area contributed by atoms with E-state index in [1.165, 1.54) is 6.42 Å². The number of nitrogens with zero attached hydrogens (tertiary/aromatic N) is 3. The van der Waals surface area contributed by atoms with Gasteiger partial charge in [0.2, 0.25) is 5.91 Å². The average Bonchev–Trinajstić information content (AvgIpc) is 3.05. The maximum absolute atomic E-state index is 12.1. The maximum atomic E-state index is 12.1. The summed E-state index contributed by atoms with van der Waals surface area (Å²) < 4.78 is 1.94. The molecule has 0 saturated carbocycles. The molecule has 1 amide bonds. The summed E-state index contributed by atoms with van der Waals surface area (Å²) in [5, 5.41) is 4.58. The van der Waals surface area contributed by atoms with Crippen LogP contribution in [0.1, 0.15) is 32.1 Å². The predicted octanol–water partition coefficient (Wildman–Crippen LogP) is 3.34. The average molecular weight is 297 g/mol. The molecular formula is C18H23N3O. The maximum Gasteiger partial charge on any atom is 0.222 e. The third-order valence-electron chi connectivity index (χ3n) is 4.20. The number of rotatable bonds is 5. The molecule has 22 heavy (non-hydrogen) atoms. The van der Waals surface area contributed by atoms with Crippen LogP contribution in [-0.4, -0.2) is 33.7 Å². The first-order chi connectivity index (χ1) is 10.8. The molecule has 1 aliphatic rings. The fraction of sp³-hybridized carbons (Fsp3) is 0.444. The Balaban J connectivity index is 1.48. The lowest BCUT2D eigenvalue weighted by Gasteiger charge is -2.26. The first kappa shape index (κ1) is 14.8. The van der Waals surface area contributed by atoms with Crippen molar-refractivity contribution in [2.75, 3.05) is 13.1 Å². The van der Waals surface area contributed by atoms with Crippen LogP contribution in [0.2, 0.25) is 0 Å². The molecule has 0 radical (unpaired) electrons. The lowest BCUT2D eigenvalue weighted by molar-refractivity contribution is -0.132. The normalized spacial score (nSPS) is 15.0. The summed E-state index contributed by atoms with van der Waals surface area (Å²) in [7, 11) is 0. The molecule has 1 fully saturated rings. The second kappa shape index (κ2) is 7.25. The van der Waals surface area contributed by atoms with E-state index in [0.717, 1.165) is 50.2 Å². The molecule has 1 aromatic heterocycles. The molecule has 0 unspecified atom stereocenters. The molecule has 4 heteroatoms. The summed E-state index contributed by atoms with van der Waals surface area (Å²) in [6.45, 7) is 2.68. The van der Waals surface area contributed by atoms with Crippen LogP contribution in [0.25, 0.3) is 11.3 Å². The van der Waals surface area contributed by atoms with Crippen molar-refractivity contribution in [2.24, 2.45) is 0 Å². The zero-order valence-electron chi connectivity index (χ0n) is 12.9. The molecule has 3 rings (SSSR count). The molecule has 1 aliphatic heterocycles. The summed E-state index contributed by atoms with van der Waals surface area (Å²) in [5.74, 6) is 0.301. The van der Waals surface area contributed by atoms with E-state index in [4.69, 9.17) is 0 Å². The van der Waals surface area contributed by atoms with Gasteiger partial charge in [-0.25, -0.2) is 0 Å². The van der Waals surface area contributed by atoms with Crippen LogP contribution in [0.3, 0.4) is 0 Å². The van der Waals surface area contributed by atoms with Gasteiger partial charge in [-0.2, -0.15) is 5.10 Å². The van der Waals surface area contributed by atoms with Crippen molar-refractivity contribution in [3.05, 3.63) is 42.6 Å². The van der Waals surface area contributed by atoms with Crippen molar-refractivity contribution in [3.63, 3.8) is 0 Å². The zero-order valence-corrected chi connectivity index (χ0v) is 12.9. The van der Waals surface area contributed by atoms with Crippen molar-refractivity contribution < 1.29 is 4.79 Å². The van der Waals surface area contributed by atoms with E-state index in [0.29, 0.717) is 12.3 Å². The van der Waals surface area contributed by atoms with Gasteiger partial charge in [0.15, 0.2) is 0 Å². The van der Waals surface area contributed by atoms with Gasteiger partial charge in [0.05, 0.1) is 5.69 Å². The number of carbonyl (C=O) groups excluding carboxylic acids is 1. The van der Waals surface area contributed by atoms with E-state index >= 15 is 0 Å². The second-order valence-corrected chi connectivity index (χ2v) is 5.88. The highest BCUT2D eigenvalue weighted by Gasteiger charge is 2.15. The predicted molar refractivity (Wildman–Crippen MR) is 87.3 cm³/mol. The fourth-order valence-corrected chi connectivity index (χ4v) is 2.94. The fourth-order valence-electron chi connectivity index (χ4n) is 2.94. The number of carbonyl (C=O) groups is 1. The number of amides is 1. The second-order valence-electron chi connectivity index (χ2n) is 5.88. The smallest absolute Gasteiger partial charge is 0.222 e. The van der Waals surface area contributed by atoms with Crippen LogP contribution in [-0.2, 0) is 11.3 Å². The van der Waals surface area contributed by atoms with Crippen molar-refractivity contribution >= 4 is 5.91 Å². The third-order valence-corrected chi connectivity index (χ3v) is 4.20. The summed E-state index contributed by atoms with van der Waals surface area (Å²) >= 11 is 0. The Labute approximate surface area is 131 Å². The van der Waals surface area contributed by atoms with Gasteiger partial charge >= 0.3 is 0 Å². The van der Waals surface area contributed by atoms with Gasteiger partial charge in [-0.15, -0.1) is 0 Å². The summed E-state index contributed by atoms with van der Waals surface area (Å²) in [6.07, 6.45) is 7.05. The van der Waals surface area contributed by atoms with Crippen molar-refractivity contribution in [3.8, 4) is 11.3 Å². The molecule has 0 atom stereocenters. The minimum atomic E-state index is 0.301. The molecule has 1 aromatic carbocycles. The van der Waals surface area contributed by atoms with Gasteiger partial charge < -0.3 is 4.90 Å². The molecule has 2 heterocycles. The highest BCUT2D eigenvalue weighted by atomic mass is 16.2. The molecule has 2 aromatic rings. The number of likely N-dealkylation sites (tertiary alicyclic amines) is 1. The van der Waals surface area contributed by atoms with Gasteiger partial charge in [-0.1, -0.05) is 30.3 Å². The van der Waals surface area contributed by atoms with Crippen LogP contribution in [0.5, 0.6) is 0 Å². The van der Waals surface area contributed by atoms with Crippen LogP contribution in [0, 0.1) is 0 Å². The van der Waals surface area contributed by atoms with Gasteiger partial charge in [0.1, 0.15) is 0 Å². The summed E-state index contributed by atoms with van der Waals surface area (Å²) in [6, 6.07) is 12.2. The van der Waals surface area contributed by atoms with Gasteiger partial charge in [-0.3, -0.25) is 9.48 Å². The number of aromatic nitrogens is 2. The number of aryl methyl sites for hydroxylation is 1. The number of hydrogen-bond donors (Lipinski definition) is 0. The van der Waals surface area contributed by atoms with E-state index in [9.17, 15) is 4.79 Å². The number of benzene rings is 1. The monoisotopic (exact) mass is 297 g/mol. The Hall–Kier alpha value is -2.10. The summed E-state index contributed by atoms with van der Waals surface area (Å²) in [5.41, 5.74) is 2.12. The molecule has 0 N–H and O–H groups in total. The van der Waals surface area contributed by atoms with Crippen LogP contribution in [0.15, 0.2) is 42.6 Å². The Kier molecular flexibility index (Phi) is 4.88. The highest BCUT2D eigenvalue weighted by Crippen LogP contribution is 2.16. The third kappa shape index (κ3) is 3.75. The SMILES string of the molecule is O=C(CCCn1ccc(-c2ccccc2)n1)N1CCCCC1. The van der Waals surface area contributed by atoms with E-state index in [1.54, 1.807) is 0 Å². The molecular weight excluding hydrogens is 274 g/mol. The van der Waals surface area contributed by atoms with Crippen molar-refractivity contribution in [1.29, 1.82) is 0 Å². The Morgan fingerprint density at radius 3 is 2.59 bits per heavy atom. The standard InChI is InChI=1S/C18H23N3O/c22-18(20-12-5-2-6-13-20)10-7-14-21-15-11-17(19-21)16-8-3-1-4-9-16/h1,3-4,8-9,11,15H,2,5-7,10,12-14H2. The Morgan fingerprint density at radius 2 is 1.82 bits per heavy atom. The van der Waals surface area contributed by atoms with E-state index < -0.39 is 0 Å². The van der Waals surface area contributed by atoms with Gasteiger partial charge in [-0.05, 0) is 31.7 Å². The molecule has 0 aliphatic carbocycles. The molecule has 4 nitrogen and oxygen atoms in total. The largest absolute Gasteiger partial charge is 0.343 e. The van der Waals surface area contributed by atoms with Crippen molar-refractivity contribution in [2.45, 2.75) is 38.6 Å². The van der Waals surface area contributed by atoms with E-state index in [-0.39, 0.29) is 0 Å². The highest BCUT2D eigenvalue weighted by molar-refractivity contribution is 5.76. The van der Waals surface area contributed by atoms with Crippen LogP contribution in [0.4, 0.5) is 0 Å². The lowest BCUT2D eigenvalue weighted by atomic mass is 10.1. The molecule has 0 bridgehead atoms. The molecule has 1 saturated heterocycles. The number of hydrogen-bond acceptors (Lipinski definition) is 2. The lowest BCUT2D eigenvalue weighted by Crippen LogP contribution is -2.35. The quantitative estimate of drug-likeness (QED) is 0.849. The van der Waals surface area contributed by atoms with Gasteiger partial charge in [0, 0.05) is 37.8 Å². The summed E-state index contributed by atoms with van der Waals surface area (Å²) in [4.78, 5) is 14.1. The van der Waals surface area contributed by atoms with Crippen LogP contribution < -0.4 is 0 Å². The zero-order chi connectivity index (χ0) is 15.2. The van der Waals surface area contributed by atoms with Crippen LogP contribution >= 0.6 is 0 Å². The first-order valence-electron chi connectivity index (χ1n) is 8.19. The minimum Gasteiger partial charge on any atom is -0.343 e.